The van der Waals surface area contributed by atoms with Crippen LogP contribution in [0.2, 0.25) is 5.02 Å². The summed E-state index contributed by atoms with van der Waals surface area (Å²) in [6, 6.07) is 11.8. The summed E-state index contributed by atoms with van der Waals surface area (Å²) in [7, 11) is 0. The summed E-state index contributed by atoms with van der Waals surface area (Å²) in [4.78, 5) is 4.42. The average molecular weight is 383 g/mol. The molecule has 5 rings (SSSR count). The van der Waals surface area contributed by atoms with Crippen LogP contribution >= 0.6 is 11.6 Å². The van der Waals surface area contributed by atoms with Gasteiger partial charge in [-0.25, -0.2) is 9.50 Å². The molecule has 1 aromatic carbocycles. The summed E-state index contributed by atoms with van der Waals surface area (Å²) < 4.78 is 13.6. The molecule has 3 aromatic heterocycles. The fraction of sp³-hybridized carbons (Fsp3) is 0.300. The Kier molecular flexibility index (Phi) is 4.22. The highest BCUT2D eigenvalue weighted by Gasteiger charge is 2.15. The van der Waals surface area contributed by atoms with E-state index in [0.717, 1.165) is 35.3 Å². The SMILES string of the molecule is Clc1ccc2oc(-c3cnc4ccc(OCC[C@@H]5CCCN5)nn34)cc2c1. The molecule has 1 aliphatic rings. The number of imidazole rings is 1. The van der Waals surface area contributed by atoms with Crippen LogP contribution in [-0.2, 0) is 0 Å². The Morgan fingerprint density at radius 3 is 3.11 bits per heavy atom. The number of fused-ring (bicyclic) bond motifs is 2. The number of hydrogen-bond donors (Lipinski definition) is 1. The largest absolute Gasteiger partial charge is 0.477 e. The van der Waals surface area contributed by atoms with Gasteiger partial charge in [-0.1, -0.05) is 11.6 Å². The van der Waals surface area contributed by atoms with Crippen LogP contribution in [0.25, 0.3) is 28.1 Å². The molecule has 4 heterocycles. The first-order valence-electron chi connectivity index (χ1n) is 9.17. The summed E-state index contributed by atoms with van der Waals surface area (Å²) in [5, 5.41) is 9.69. The maximum absolute atomic E-state index is 6.07. The number of rotatable bonds is 5. The predicted molar refractivity (Wildman–Crippen MR) is 104 cm³/mol. The fourth-order valence-electron chi connectivity index (χ4n) is 3.55. The molecule has 6 nitrogen and oxygen atoms in total. The van der Waals surface area contributed by atoms with Crippen LogP contribution in [0.1, 0.15) is 19.3 Å². The van der Waals surface area contributed by atoms with Crippen molar-refractivity contribution in [1.82, 2.24) is 19.9 Å². The van der Waals surface area contributed by atoms with Crippen molar-refractivity contribution in [2.24, 2.45) is 0 Å². The molecule has 1 N–H and O–H groups in total. The quantitative estimate of drug-likeness (QED) is 0.557. The number of furan rings is 1. The molecule has 1 fully saturated rings. The smallest absolute Gasteiger partial charge is 0.231 e. The molecule has 4 aromatic rings. The number of hydrogen-bond acceptors (Lipinski definition) is 5. The van der Waals surface area contributed by atoms with Gasteiger partial charge in [0.2, 0.25) is 5.88 Å². The highest BCUT2D eigenvalue weighted by molar-refractivity contribution is 6.31. The van der Waals surface area contributed by atoms with Crippen molar-refractivity contribution < 1.29 is 9.15 Å². The molecule has 0 saturated carbocycles. The van der Waals surface area contributed by atoms with E-state index >= 15 is 0 Å². The molecule has 1 saturated heterocycles. The van der Waals surface area contributed by atoms with Crippen molar-refractivity contribution in [3.8, 4) is 17.3 Å². The Labute approximate surface area is 161 Å². The second kappa shape index (κ2) is 6.87. The molecule has 0 radical (unpaired) electrons. The molecular weight excluding hydrogens is 364 g/mol. The van der Waals surface area contributed by atoms with Crippen molar-refractivity contribution in [3.63, 3.8) is 0 Å². The van der Waals surface area contributed by atoms with E-state index in [1.54, 1.807) is 10.7 Å². The first kappa shape index (κ1) is 16.6. The second-order valence-corrected chi connectivity index (χ2v) is 7.24. The Morgan fingerprint density at radius 2 is 2.22 bits per heavy atom. The lowest BCUT2D eigenvalue weighted by Gasteiger charge is -2.10. The van der Waals surface area contributed by atoms with Gasteiger partial charge in [-0.05, 0) is 56.1 Å². The Hall–Kier alpha value is -2.57. The van der Waals surface area contributed by atoms with E-state index in [1.807, 2.05) is 36.4 Å². The van der Waals surface area contributed by atoms with E-state index in [4.69, 9.17) is 20.8 Å². The Balaban J connectivity index is 1.42. The van der Waals surface area contributed by atoms with Crippen molar-refractivity contribution in [3.05, 3.63) is 47.6 Å². The lowest BCUT2D eigenvalue weighted by atomic mass is 10.2. The third kappa shape index (κ3) is 3.26. The molecule has 1 aliphatic heterocycles. The molecule has 0 unspecified atom stereocenters. The Morgan fingerprint density at radius 1 is 1.26 bits per heavy atom. The third-order valence-corrected chi connectivity index (χ3v) is 5.18. The van der Waals surface area contributed by atoms with Gasteiger partial charge in [0.1, 0.15) is 11.3 Å². The molecule has 27 heavy (non-hydrogen) atoms. The molecule has 0 aliphatic carbocycles. The van der Waals surface area contributed by atoms with Gasteiger partial charge in [0.25, 0.3) is 0 Å². The number of benzene rings is 1. The van der Waals surface area contributed by atoms with Gasteiger partial charge in [-0.2, -0.15) is 0 Å². The molecular formula is C20H19ClN4O2. The van der Waals surface area contributed by atoms with E-state index in [0.29, 0.717) is 29.3 Å². The number of aromatic nitrogens is 3. The molecule has 1 atom stereocenters. The molecule has 0 amide bonds. The molecule has 0 spiro atoms. The van der Waals surface area contributed by atoms with Gasteiger partial charge in [-0.3, -0.25) is 0 Å². The second-order valence-electron chi connectivity index (χ2n) is 6.81. The zero-order valence-corrected chi connectivity index (χ0v) is 15.4. The monoisotopic (exact) mass is 382 g/mol. The average Bonchev–Trinajstić information content (AvgIpc) is 3.40. The number of nitrogens with one attached hydrogen (secondary N) is 1. The van der Waals surface area contributed by atoms with E-state index in [1.165, 1.54) is 12.8 Å². The van der Waals surface area contributed by atoms with E-state index < -0.39 is 0 Å². The van der Waals surface area contributed by atoms with Crippen LogP contribution in [0.4, 0.5) is 0 Å². The summed E-state index contributed by atoms with van der Waals surface area (Å²) in [5.74, 6) is 1.28. The van der Waals surface area contributed by atoms with Gasteiger partial charge in [0.05, 0.1) is 12.8 Å². The number of nitrogens with zero attached hydrogens (tertiary/aromatic N) is 3. The van der Waals surface area contributed by atoms with Gasteiger partial charge >= 0.3 is 0 Å². The summed E-state index contributed by atoms with van der Waals surface area (Å²) in [6.07, 6.45) is 5.21. The standard InChI is InChI=1S/C20H19ClN4O2/c21-14-3-4-17-13(10-14)11-18(27-17)16-12-23-19-5-6-20(24-25(16)19)26-9-7-15-2-1-8-22-15/h3-6,10-12,15,22H,1-2,7-9H2/t15-/m0/s1. The van der Waals surface area contributed by atoms with Crippen LogP contribution in [0.15, 0.2) is 47.0 Å². The first-order valence-corrected chi connectivity index (χ1v) is 9.54. The number of ether oxygens (including phenoxy) is 1. The van der Waals surface area contributed by atoms with Crippen molar-refractivity contribution in [2.75, 3.05) is 13.2 Å². The zero-order valence-electron chi connectivity index (χ0n) is 14.7. The minimum absolute atomic E-state index is 0.555. The summed E-state index contributed by atoms with van der Waals surface area (Å²) >= 11 is 6.07. The van der Waals surface area contributed by atoms with Gasteiger partial charge in [0, 0.05) is 22.5 Å². The topological polar surface area (TPSA) is 64.6 Å². The van der Waals surface area contributed by atoms with Crippen molar-refractivity contribution in [1.29, 1.82) is 0 Å². The Bertz CT molecular complexity index is 1100. The van der Waals surface area contributed by atoms with Gasteiger partial charge in [0.15, 0.2) is 11.4 Å². The number of halogens is 1. The van der Waals surface area contributed by atoms with Crippen molar-refractivity contribution in [2.45, 2.75) is 25.3 Å². The maximum Gasteiger partial charge on any atom is 0.231 e. The van der Waals surface area contributed by atoms with Crippen LogP contribution in [0, 0.1) is 0 Å². The summed E-state index contributed by atoms with van der Waals surface area (Å²) in [5.41, 5.74) is 2.30. The van der Waals surface area contributed by atoms with Crippen LogP contribution in [0.3, 0.4) is 0 Å². The minimum atomic E-state index is 0.555. The predicted octanol–water partition coefficient (Wildman–Crippen LogP) is 4.32. The fourth-order valence-corrected chi connectivity index (χ4v) is 3.73. The van der Waals surface area contributed by atoms with E-state index in [9.17, 15) is 0 Å². The first-order chi connectivity index (χ1) is 13.3. The van der Waals surface area contributed by atoms with E-state index in [-0.39, 0.29) is 0 Å². The molecule has 138 valence electrons. The lowest BCUT2D eigenvalue weighted by Crippen LogP contribution is -2.23. The minimum Gasteiger partial charge on any atom is -0.477 e. The highest BCUT2D eigenvalue weighted by Crippen LogP contribution is 2.30. The van der Waals surface area contributed by atoms with Crippen molar-refractivity contribution >= 4 is 28.2 Å². The van der Waals surface area contributed by atoms with E-state index in [2.05, 4.69) is 15.4 Å². The lowest BCUT2D eigenvalue weighted by molar-refractivity contribution is 0.278. The van der Waals surface area contributed by atoms with Crippen LogP contribution in [-0.4, -0.2) is 33.8 Å². The van der Waals surface area contributed by atoms with Gasteiger partial charge in [-0.15, -0.1) is 5.10 Å². The van der Waals surface area contributed by atoms with Crippen LogP contribution < -0.4 is 10.1 Å². The maximum atomic E-state index is 6.07. The molecule has 0 bridgehead atoms. The zero-order chi connectivity index (χ0) is 18.2. The normalized spacial score (nSPS) is 17.1. The highest BCUT2D eigenvalue weighted by atomic mass is 35.5. The summed E-state index contributed by atoms with van der Waals surface area (Å²) in [6.45, 7) is 1.75. The molecule has 7 heteroatoms. The third-order valence-electron chi connectivity index (χ3n) is 4.95. The van der Waals surface area contributed by atoms with Crippen LogP contribution in [0.5, 0.6) is 5.88 Å². The van der Waals surface area contributed by atoms with Gasteiger partial charge < -0.3 is 14.5 Å².